The molecule has 0 saturated carbocycles. The van der Waals surface area contributed by atoms with Gasteiger partial charge in [-0.15, -0.1) is 0 Å². The van der Waals surface area contributed by atoms with Gasteiger partial charge in [0.15, 0.2) is 0 Å². The molecule has 0 aliphatic rings. The Balaban J connectivity index is 2.99. The largest absolute Gasteiger partial charge is 0.501 e. The van der Waals surface area contributed by atoms with Crippen LogP contribution in [0.5, 0.6) is 0 Å². The van der Waals surface area contributed by atoms with E-state index < -0.39 is 0 Å². The number of ether oxygens (including phenoxy) is 1. The second-order valence-corrected chi connectivity index (χ2v) is 2.51. The molecule has 0 aromatic rings. The smallest absolute Gasteiger partial charge is 0.0895 e. The molecule has 0 unspecified atom stereocenters. The Morgan fingerprint density at radius 2 is 2.11 bits per heavy atom. The topological polar surface area (TPSA) is 9.23 Å². The fourth-order valence-corrected chi connectivity index (χ4v) is 0.412. The number of hydrogen-bond acceptors (Lipinski definition) is 1. The Kier molecular flexibility index (Phi) is 5.38. The fraction of sp³-hybridized carbons (Fsp3) is 0.750. The quantitative estimate of drug-likeness (QED) is 0.529. The average molecular weight is 128 g/mol. The highest BCUT2D eigenvalue weighted by Gasteiger charge is 1.88. The van der Waals surface area contributed by atoms with Crippen LogP contribution < -0.4 is 0 Å². The molecule has 1 nitrogen and oxygen atoms in total. The third-order valence-corrected chi connectivity index (χ3v) is 0.858. The van der Waals surface area contributed by atoms with E-state index in [1.165, 1.54) is 0 Å². The summed E-state index contributed by atoms with van der Waals surface area (Å²) in [6, 6.07) is 0. The Labute approximate surface area is 57.7 Å². The summed E-state index contributed by atoms with van der Waals surface area (Å²) in [4.78, 5) is 0. The Morgan fingerprint density at radius 3 is 2.56 bits per heavy atom. The predicted molar refractivity (Wildman–Crippen MR) is 40.2 cm³/mol. The first-order valence-corrected chi connectivity index (χ1v) is 3.54. The summed E-state index contributed by atoms with van der Waals surface area (Å²) < 4.78 is 5.15. The van der Waals surface area contributed by atoms with Crippen LogP contribution in [0.15, 0.2) is 12.3 Å². The van der Waals surface area contributed by atoms with Crippen LogP contribution in [-0.4, -0.2) is 6.61 Å². The maximum absolute atomic E-state index is 5.15. The van der Waals surface area contributed by atoms with E-state index in [-0.39, 0.29) is 0 Å². The highest BCUT2D eigenvalue weighted by molar-refractivity contribution is 4.70. The lowest BCUT2D eigenvalue weighted by atomic mass is 10.2. The minimum Gasteiger partial charge on any atom is -0.501 e. The van der Waals surface area contributed by atoms with Crippen molar-refractivity contribution in [3.63, 3.8) is 0 Å². The van der Waals surface area contributed by atoms with Crippen molar-refractivity contribution < 1.29 is 4.74 Å². The van der Waals surface area contributed by atoms with Crippen LogP contribution in [0.4, 0.5) is 0 Å². The van der Waals surface area contributed by atoms with E-state index in [2.05, 4.69) is 20.8 Å². The molecule has 0 N–H and O–H groups in total. The molecule has 0 aliphatic carbocycles. The van der Waals surface area contributed by atoms with Gasteiger partial charge >= 0.3 is 0 Å². The third-order valence-electron chi connectivity index (χ3n) is 0.858. The normalized spacial score (nSPS) is 11.1. The molecule has 0 saturated heterocycles. The minimum atomic E-state index is 0.631. The Hall–Kier alpha value is -0.460. The van der Waals surface area contributed by atoms with Crippen molar-refractivity contribution in [2.45, 2.75) is 27.2 Å². The summed E-state index contributed by atoms with van der Waals surface area (Å²) in [5.74, 6) is 0.631. The maximum Gasteiger partial charge on any atom is 0.0895 e. The van der Waals surface area contributed by atoms with Crippen LogP contribution in [0.3, 0.4) is 0 Å². The first kappa shape index (κ1) is 8.54. The zero-order valence-electron chi connectivity index (χ0n) is 6.55. The van der Waals surface area contributed by atoms with E-state index in [4.69, 9.17) is 4.74 Å². The summed E-state index contributed by atoms with van der Waals surface area (Å²) in [6.07, 6.45) is 4.85. The van der Waals surface area contributed by atoms with Gasteiger partial charge in [0.05, 0.1) is 12.9 Å². The molecule has 0 radical (unpaired) electrons. The van der Waals surface area contributed by atoms with Crippen LogP contribution in [0.1, 0.15) is 27.2 Å². The van der Waals surface area contributed by atoms with E-state index in [0.29, 0.717) is 5.92 Å². The summed E-state index contributed by atoms with van der Waals surface area (Å²) in [5.41, 5.74) is 0. The second-order valence-electron chi connectivity index (χ2n) is 2.51. The molecule has 9 heavy (non-hydrogen) atoms. The van der Waals surface area contributed by atoms with E-state index in [0.717, 1.165) is 13.0 Å². The fourth-order valence-electron chi connectivity index (χ4n) is 0.412. The van der Waals surface area contributed by atoms with Gasteiger partial charge in [-0.3, -0.25) is 0 Å². The molecule has 0 bridgehead atoms. The van der Waals surface area contributed by atoms with Gasteiger partial charge in [0, 0.05) is 0 Å². The van der Waals surface area contributed by atoms with Gasteiger partial charge in [-0.25, -0.2) is 0 Å². The minimum absolute atomic E-state index is 0.631. The van der Waals surface area contributed by atoms with Gasteiger partial charge in [-0.1, -0.05) is 26.8 Å². The average Bonchev–Trinajstić information content (AvgIpc) is 1.80. The third kappa shape index (κ3) is 7.54. The van der Waals surface area contributed by atoms with Crippen LogP contribution in [0.2, 0.25) is 0 Å². The lowest BCUT2D eigenvalue weighted by Gasteiger charge is -2.01. The van der Waals surface area contributed by atoms with E-state index in [9.17, 15) is 0 Å². The monoisotopic (exact) mass is 128 g/mol. The summed E-state index contributed by atoms with van der Waals surface area (Å²) >= 11 is 0. The zero-order chi connectivity index (χ0) is 7.11. The van der Waals surface area contributed by atoms with Gasteiger partial charge in [-0.05, 0) is 12.3 Å². The van der Waals surface area contributed by atoms with Crippen LogP contribution >= 0.6 is 0 Å². The molecule has 0 atom stereocenters. The summed E-state index contributed by atoms with van der Waals surface area (Å²) in [7, 11) is 0. The van der Waals surface area contributed by atoms with Crippen molar-refractivity contribution in [3.05, 3.63) is 12.3 Å². The molecule has 0 spiro atoms. The van der Waals surface area contributed by atoms with E-state index in [1.807, 2.05) is 6.08 Å². The van der Waals surface area contributed by atoms with Gasteiger partial charge in [0.2, 0.25) is 0 Å². The Bertz CT molecular complexity index is 74.6. The summed E-state index contributed by atoms with van der Waals surface area (Å²) in [6.45, 7) is 7.20. The van der Waals surface area contributed by atoms with E-state index in [1.54, 1.807) is 6.26 Å². The molecule has 0 amide bonds. The van der Waals surface area contributed by atoms with Gasteiger partial charge in [0.25, 0.3) is 0 Å². The molecule has 0 heterocycles. The van der Waals surface area contributed by atoms with Gasteiger partial charge in [0.1, 0.15) is 0 Å². The van der Waals surface area contributed by atoms with Gasteiger partial charge < -0.3 is 4.74 Å². The zero-order valence-corrected chi connectivity index (χ0v) is 6.55. The molecule has 0 fully saturated rings. The lowest BCUT2D eigenvalue weighted by molar-refractivity contribution is 0.211. The van der Waals surface area contributed by atoms with Crippen molar-refractivity contribution >= 4 is 0 Å². The van der Waals surface area contributed by atoms with Crippen LogP contribution in [0, 0.1) is 5.92 Å². The summed E-state index contributed by atoms with van der Waals surface area (Å²) in [5, 5.41) is 0. The molecule has 1 heteroatoms. The highest BCUT2D eigenvalue weighted by Crippen LogP contribution is 1.92. The van der Waals surface area contributed by atoms with Crippen molar-refractivity contribution in [2.24, 2.45) is 5.92 Å². The van der Waals surface area contributed by atoms with E-state index >= 15 is 0 Å². The molecule has 54 valence electrons. The Morgan fingerprint density at radius 1 is 1.44 bits per heavy atom. The first-order valence-electron chi connectivity index (χ1n) is 3.54. The molecule has 0 rings (SSSR count). The standard InChI is InChI=1S/C8H16O/c1-4-5-6-9-7-8(2)3/h5-6,8H,4,7H2,1-3H3/b6-5+. The van der Waals surface area contributed by atoms with Crippen molar-refractivity contribution in [2.75, 3.05) is 6.61 Å². The lowest BCUT2D eigenvalue weighted by Crippen LogP contribution is -1.95. The molecular weight excluding hydrogens is 112 g/mol. The van der Waals surface area contributed by atoms with Crippen molar-refractivity contribution in [3.8, 4) is 0 Å². The maximum atomic E-state index is 5.15. The SMILES string of the molecule is CC/C=C/OCC(C)C. The van der Waals surface area contributed by atoms with Crippen LogP contribution in [-0.2, 0) is 4.74 Å². The van der Waals surface area contributed by atoms with Crippen LogP contribution in [0.25, 0.3) is 0 Å². The second kappa shape index (κ2) is 5.67. The number of allylic oxidation sites excluding steroid dienone is 1. The molecular formula is C8H16O. The molecule has 0 aromatic carbocycles. The molecule has 0 aromatic heterocycles. The highest BCUT2D eigenvalue weighted by atomic mass is 16.5. The van der Waals surface area contributed by atoms with Crippen molar-refractivity contribution in [1.82, 2.24) is 0 Å². The van der Waals surface area contributed by atoms with Gasteiger partial charge in [-0.2, -0.15) is 0 Å². The number of rotatable bonds is 4. The van der Waals surface area contributed by atoms with Crippen molar-refractivity contribution in [1.29, 1.82) is 0 Å². The number of hydrogen-bond donors (Lipinski definition) is 0. The molecule has 0 aliphatic heterocycles. The first-order chi connectivity index (χ1) is 4.27. The predicted octanol–water partition coefficient (Wildman–Crippen LogP) is 2.58.